The first kappa shape index (κ1) is 15.9. The van der Waals surface area contributed by atoms with E-state index in [9.17, 15) is 4.79 Å². The number of nitrogens with zero attached hydrogens (tertiary/aromatic N) is 1. The van der Waals surface area contributed by atoms with Gasteiger partial charge < -0.3 is 5.32 Å². The van der Waals surface area contributed by atoms with Crippen LogP contribution in [0.1, 0.15) is 25.5 Å². The summed E-state index contributed by atoms with van der Waals surface area (Å²) in [5, 5.41) is 10.5. The van der Waals surface area contributed by atoms with Gasteiger partial charge in [0.25, 0.3) is 0 Å². The number of thioether (sulfide) groups is 1. The minimum atomic E-state index is -0.0379. The second kappa shape index (κ2) is 8.10. The number of rotatable bonds is 7. The van der Waals surface area contributed by atoms with Gasteiger partial charge in [-0.15, -0.1) is 11.8 Å². The minimum Gasteiger partial charge on any atom is -0.309 e. The third kappa shape index (κ3) is 5.10. The first-order valence-corrected chi connectivity index (χ1v) is 8.27. The summed E-state index contributed by atoms with van der Waals surface area (Å²) in [6.07, 6.45) is 2.40. The van der Waals surface area contributed by atoms with Crippen LogP contribution < -0.4 is 5.32 Å². The van der Waals surface area contributed by atoms with Gasteiger partial charge in [0.2, 0.25) is 5.91 Å². The molecule has 112 valence electrons. The van der Waals surface area contributed by atoms with Crippen molar-refractivity contribution in [1.29, 1.82) is 0 Å². The first-order valence-electron chi connectivity index (χ1n) is 6.90. The molecule has 6 heteroatoms. The molecule has 0 atom stereocenters. The van der Waals surface area contributed by atoms with E-state index in [1.165, 1.54) is 0 Å². The molecule has 4 nitrogen and oxygen atoms in total. The number of halogens is 1. The fourth-order valence-corrected chi connectivity index (χ4v) is 3.03. The highest BCUT2D eigenvalue weighted by atomic mass is 35.5. The third-order valence-corrected chi connectivity index (χ3v) is 4.36. The molecule has 21 heavy (non-hydrogen) atoms. The van der Waals surface area contributed by atoms with Crippen LogP contribution in [0.3, 0.4) is 0 Å². The Hall–Kier alpha value is -1.46. The normalized spacial score (nSPS) is 10.6. The third-order valence-electron chi connectivity index (χ3n) is 2.84. The highest BCUT2D eigenvalue weighted by Gasteiger charge is 2.07. The summed E-state index contributed by atoms with van der Waals surface area (Å²) < 4.78 is 0. The van der Waals surface area contributed by atoms with Gasteiger partial charge in [-0.3, -0.25) is 9.89 Å². The summed E-state index contributed by atoms with van der Waals surface area (Å²) in [5.41, 5.74) is 1.04. The molecule has 1 aromatic carbocycles. The van der Waals surface area contributed by atoms with Crippen LogP contribution in [-0.4, -0.2) is 21.9 Å². The van der Waals surface area contributed by atoms with Gasteiger partial charge in [-0.25, -0.2) is 0 Å². The molecule has 0 spiro atoms. The van der Waals surface area contributed by atoms with Gasteiger partial charge in [0.05, 0.1) is 5.02 Å². The number of aromatic amines is 1. The Bertz CT molecular complexity index is 600. The van der Waals surface area contributed by atoms with Crippen LogP contribution in [0.4, 0.5) is 5.82 Å². The number of benzene rings is 1. The van der Waals surface area contributed by atoms with E-state index in [0.717, 1.165) is 28.5 Å². The van der Waals surface area contributed by atoms with Gasteiger partial charge in [0.15, 0.2) is 5.82 Å². The maximum absolute atomic E-state index is 11.8. The number of amides is 1. The van der Waals surface area contributed by atoms with Crippen LogP contribution in [0.5, 0.6) is 0 Å². The van der Waals surface area contributed by atoms with Crippen molar-refractivity contribution in [3.8, 4) is 0 Å². The average Bonchev–Trinajstić information content (AvgIpc) is 2.88. The van der Waals surface area contributed by atoms with E-state index < -0.39 is 0 Å². The predicted molar refractivity (Wildman–Crippen MR) is 88.0 cm³/mol. The van der Waals surface area contributed by atoms with Crippen molar-refractivity contribution in [1.82, 2.24) is 10.2 Å². The second-order valence-electron chi connectivity index (χ2n) is 4.61. The smallest absolute Gasteiger partial charge is 0.226 e. The van der Waals surface area contributed by atoms with Gasteiger partial charge in [-0.1, -0.05) is 37.1 Å². The van der Waals surface area contributed by atoms with Crippen molar-refractivity contribution >= 4 is 35.1 Å². The van der Waals surface area contributed by atoms with E-state index >= 15 is 0 Å². The number of aryl methyl sites for hydroxylation is 1. The molecule has 1 heterocycles. The van der Waals surface area contributed by atoms with Crippen LogP contribution in [0.15, 0.2) is 35.2 Å². The Balaban J connectivity index is 1.75. The van der Waals surface area contributed by atoms with Crippen molar-refractivity contribution < 1.29 is 4.79 Å². The highest BCUT2D eigenvalue weighted by Crippen LogP contribution is 2.26. The van der Waals surface area contributed by atoms with Crippen molar-refractivity contribution in [3.05, 3.63) is 41.0 Å². The molecule has 0 radical (unpaired) electrons. The van der Waals surface area contributed by atoms with E-state index in [1.54, 1.807) is 11.8 Å². The van der Waals surface area contributed by atoms with Crippen molar-refractivity contribution in [3.63, 3.8) is 0 Å². The molecule has 0 aliphatic carbocycles. The van der Waals surface area contributed by atoms with Gasteiger partial charge in [0.1, 0.15) is 0 Å². The Morgan fingerprint density at radius 3 is 3.00 bits per heavy atom. The summed E-state index contributed by atoms with van der Waals surface area (Å²) in [4.78, 5) is 12.8. The number of hydrogen-bond donors (Lipinski definition) is 2. The molecule has 1 aromatic heterocycles. The zero-order chi connectivity index (χ0) is 15.1. The molecule has 0 fully saturated rings. The van der Waals surface area contributed by atoms with Crippen molar-refractivity contribution in [2.24, 2.45) is 0 Å². The van der Waals surface area contributed by atoms with Crippen LogP contribution in [0.25, 0.3) is 0 Å². The predicted octanol–water partition coefficient (Wildman–Crippen LogP) is 4.14. The molecule has 0 saturated carbocycles. The van der Waals surface area contributed by atoms with E-state index in [1.807, 2.05) is 30.3 Å². The lowest BCUT2D eigenvalue weighted by Crippen LogP contribution is -2.12. The van der Waals surface area contributed by atoms with Gasteiger partial charge in [-0.2, -0.15) is 5.10 Å². The van der Waals surface area contributed by atoms with E-state index in [2.05, 4.69) is 22.4 Å². The molecule has 0 bridgehead atoms. The topological polar surface area (TPSA) is 57.8 Å². The lowest BCUT2D eigenvalue weighted by atomic mass is 10.2. The van der Waals surface area contributed by atoms with Crippen molar-refractivity contribution in [2.75, 3.05) is 11.1 Å². The standard InChI is InChI=1S/C15H18ClN3OS/c1-2-5-11-10-14(19-18-11)17-15(20)8-9-21-13-7-4-3-6-12(13)16/h3-4,6-7,10H,2,5,8-9H2,1H3,(H2,17,18,19,20). The molecule has 0 aliphatic heterocycles. The molecule has 2 N–H and O–H groups in total. The zero-order valence-electron chi connectivity index (χ0n) is 11.9. The van der Waals surface area contributed by atoms with Crippen LogP contribution in [0, 0.1) is 0 Å². The summed E-state index contributed by atoms with van der Waals surface area (Å²) in [6, 6.07) is 9.51. The Morgan fingerprint density at radius 2 is 2.24 bits per heavy atom. The Kier molecular flexibility index (Phi) is 6.14. The largest absolute Gasteiger partial charge is 0.309 e. The molecule has 0 aliphatic rings. The van der Waals surface area contributed by atoms with Gasteiger partial charge in [-0.05, 0) is 18.6 Å². The lowest BCUT2D eigenvalue weighted by molar-refractivity contribution is -0.115. The van der Waals surface area contributed by atoms with Crippen molar-refractivity contribution in [2.45, 2.75) is 31.1 Å². The molecular formula is C15H18ClN3OS. The molecule has 2 rings (SSSR count). The Morgan fingerprint density at radius 1 is 1.43 bits per heavy atom. The summed E-state index contributed by atoms with van der Waals surface area (Å²) >= 11 is 7.64. The minimum absolute atomic E-state index is 0.0379. The molecular weight excluding hydrogens is 306 g/mol. The molecule has 2 aromatic rings. The quantitative estimate of drug-likeness (QED) is 0.753. The maximum atomic E-state index is 11.8. The van der Waals surface area contributed by atoms with Gasteiger partial charge in [0, 0.05) is 28.8 Å². The van der Waals surface area contributed by atoms with E-state index in [-0.39, 0.29) is 5.91 Å². The van der Waals surface area contributed by atoms with Crippen LogP contribution in [-0.2, 0) is 11.2 Å². The molecule has 1 amide bonds. The average molecular weight is 324 g/mol. The van der Waals surface area contributed by atoms with Gasteiger partial charge >= 0.3 is 0 Å². The fourth-order valence-electron chi connectivity index (χ4n) is 1.84. The summed E-state index contributed by atoms with van der Waals surface area (Å²) in [6.45, 7) is 2.10. The fraction of sp³-hybridized carbons (Fsp3) is 0.333. The SMILES string of the molecule is CCCc1cc(NC(=O)CCSc2ccccc2Cl)n[nH]1. The number of nitrogens with one attached hydrogen (secondary N) is 2. The number of hydrogen-bond acceptors (Lipinski definition) is 3. The summed E-state index contributed by atoms with van der Waals surface area (Å²) in [5.74, 6) is 1.23. The number of aromatic nitrogens is 2. The maximum Gasteiger partial charge on any atom is 0.226 e. The Labute approximate surface area is 133 Å². The summed E-state index contributed by atoms with van der Waals surface area (Å²) in [7, 11) is 0. The van der Waals surface area contributed by atoms with E-state index in [4.69, 9.17) is 11.6 Å². The molecule has 0 unspecified atom stereocenters. The van der Waals surface area contributed by atoms with E-state index in [0.29, 0.717) is 18.0 Å². The number of carbonyl (C=O) groups is 1. The number of carbonyl (C=O) groups excluding carboxylic acids is 1. The second-order valence-corrected chi connectivity index (χ2v) is 6.15. The number of H-pyrrole nitrogens is 1. The van der Waals surface area contributed by atoms with Crippen LogP contribution in [0.2, 0.25) is 5.02 Å². The number of anilines is 1. The van der Waals surface area contributed by atoms with Crippen LogP contribution >= 0.6 is 23.4 Å². The molecule has 0 saturated heterocycles. The monoisotopic (exact) mass is 323 g/mol. The highest BCUT2D eigenvalue weighted by molar-refractivity contribution is 7.99. The zero-order valence-corrected chi connectivity index (χ0v) is 13.4. The lowest BCUT2D eigenvalue weighted by Gasteiger charge is -2.04. The first-order chi connectivity index (χ1) is 10.2.